The summed E-state index contributed by atoms with van der Waals surface area (Å²) in [5.74, 6) is 2.06. The number of hydrogen-bond donors (Lipinski definition) is 0. The standard InChI is InChI=1S/C18H18BrN3O2/c1-22(11-14-10-15(19)8-9-16(14)23-2)12-17-20-18(21-24-17)13-6-4-3-5-7-13/h3-10H,11-12H2,1-2H3. The van der Waals surface area contributed by atoms with Crippen molar-refractivity contribution in [1.82, 2.24) is 15.0 Å². The van der Waals surface area contributed by atoms with Crippen molar-refractivity contribution >= 4 is 15.9 Å². The van der Waals surface area contributed by atoms with Crippen LogP contribution in [0.2, 0.25) is 0 Å². The van der Waals surface area contributed by atoms with Crippen LogP contribution in [0, 0.1) is 0 Å². The zero-order valence-corrected chi connectivity index (χ0v) is 15.2. The van der Waals surface area contributed by atoms with Crippen molar-refractivity contribution in [3.8, 4) is 17.1 Å². The molecule has 0 spiro atoms. The van der Waals surface area contributed by atoms with Gasteiger partial charge >= 0.3 is 0 Å². The van der Waals surface area contributed by atoms with E-state index < -0.39 is 0 Å². The molecule has 0 amide bonds. The number of aromatic nitrogens is 2. The van der Waals surface area contributed by atoms with Crippen LogP contribution in [-0.4, -0.2) is 29.2 Å². The first-order chi connectivity index (χ1) is 11.7. The molecule has 5 nitrogen and oxygen atoms in total. The molecule has 3 rings (SSSR count). The molecule has 0 saturated carbocycles. The number of methoxy groups -OCH3 is 1. The Bertz CT molecular complexity index is 805. The van der Waals surface area contributed by atoms with Gasteiger partial charge < -0.3 is 9.26 Å². The summed E-state index contributed by atoms with van der Waals surface area (Å²) >= 11 is 3.50. The Morgan fingerprint density at radius 1 is 1.12 bits per heavy atom. The summed E-state index contributed by atoms with van der Waals surface area (Å²) in [5, 5.41) is 4.05. The van der Waals surface area contributed by atoms with Crippen molar-refractivity contribution in [1.29, 1.82) is 0 Å². The zero-order valence-electron chi connectivity index (χ0n) is 13.6. The van der Waals surface area contributed by atoms with E-state index in [1.54, 1.807) is 7.11 Å². The monoisotopic (exact) mass is 387 g/mol. The highest BCUT2D eigenvalue weighted by Gasteiger charge is 2.12. The largest absolute Gasteiger partial charge is 0.496 e. The van der Waals surface area contributed by atoms with Crippen LogP contribution in [0.4, 0.5) is 0 Å². The maximum Gasteiger partial charge on any atom is 0.241 e. The third-order valence-electron chi connectivity index (χ3n) is 3.59. The summed E-state index contributed by atoms with van der Waals surface area (Å²) in [7, 11) is 3.68. The van der Waals surface area contributed by atoms with Crippen LogP contribution in [0.15, 0.2) is 57.5 Å². The molecule has 0 atom stereocenters. The fourth-order valence-electron chi connectivity index (χ4n) is 2.47. The fourth-order valence-corrected chi connectivity index (χ4v) is 2.88. The van der Waals surface area contributed by atoms with Gasteiger partial charge in [0.15, 0.2) is 0 Å². The van der Waals surface area contributed by atoms with Gasteiger partial charge in [0, 0.05) is 22.1 Å². The first kappa shape index (κ1) is 16.7. The first-order valence-corrected chi connectivity index (χ1v) is 8.34. The molecule has 24 heavy (non-hydrogen) atoms. The lowest BCUT2D eigenvalue weighted by Gasteiger charge is -2.16. The maximum atomic E-state index is 5.41. The quantitative estimate of drug-likeness (QED) is 0.635. The van der Waals surface area contributed by atoms with Crippen molar-refractivity contribution in [2.45, 2.75) is 13.1 Å². The second-order valence-corrected chi connectivity index (χ2v) is 6.42. The van der Waals surface area contributed by atoms with E-state index in [1.807, 2.05) is 49.5 Å². The summed E-state index contributed by atoms with van der Waals surface area (Å²) in [4.78, 5) is 6.57. The Labute approximate surface area is 149 Å². The topological polar surface area (TPSA) is 51.4 Å². The van der Waals surface area contributed by atoms with Gasteiger partial charge in [-0.05, 0) is 25.2 Å². The molecule has 2 aromatic carbocycles. The number of benzene rings is 2. The lowest BCUT2D eigenvalue weighted by Crippen LogP contribution is -2.18. The van der Waals surface area contributed by atoms with Gasteiger partial charge in [0.2, 0.25) is 11.7 Å². The average Bonchev–Trinajstić information content (AvgIpc) is 3.04. The van der Waals surface area contributed by atoms with Crippen LogP contribution < -0.4 is 4.74 Å². The van der Waals surface area contributed by atoms with Crippen LogP contribution in [0.3, 0.4) is 0 Å². The normalized spacial score (nSPS) is 11.0. The SMILES string of the molecule is COc1ccc(Br)cc1CN(C)Cc1nc(-c2ccccc2)no1. The summed E-state index contributed by atoms with van der Waals surface area (Å²) in [6.07, 6.45) is 0. The molecule has 0 radical (unpaired) electrons. The molecule has 1 heterocycles. The molecule has 0 aliphatic rings. The van der Waals surface area contributed by atoms with Gasteiger partial charge in [0.25, 0.3) is 0 Å². The molecule has 3 aromatic rings. The smallest absolute Gasteiger partial charge is 0.241 e. The van der Waals surface area contributed by atoms with Gasteiger partial charge in [0.1, 0.15) is 5.75 Å². The van der Waals surface area contributed by atoms with Gasteiger partial charge in [-0.15, -0.1) is 0 Å². The van der Waals surface area contributed by atoms with Crippen molar-refractivity contribution in [3.63, 3.8) is 0 Å². The molecular weight excluding hydrogens is 370 g/mol. The van der Waals surface area contributed by atoms with Crippen molar-refractivity contribution < 1.29 is 9.26 Å². The molecule has 0 bridgehead atoms. The Hall–Kier alpha value is -2.18. The average molecular weight is 388 g/mol. The molecule has 1 aromatic heterocycles. The number of rotatable bonds is 6. The predicted octanol–water partition coefficient (Wildman–Crippen LogP) is 4.14. The molecule has 0 N–H and O–H groups in total. The number of hydrogen-bond acceptors (Lipinski definition) is 5. The zero-order chi connectivity index (χ0) is 16.9. The van der Waals surface area contributed by atoms with Crippen molar-refractivity contribution in [2.24, 2.45) is 0 Å². The number of nitrogens with zero attached hydrogens (tertiary/aromatic N) is 3. The van der Waals surface area contributed by atoms with E-state index in [0.717, 1.165) is 21.3 Å². The predicted molar refractivity (Wildman–Crippen MR) is 95.6 cm³/mol. The van der Waals surface area contributed by atoms with E-state index in [-0.39, 0.29) is 0 Å². The minimum atomic E-state index is 0.565. The van der Waals surface area contributed by atoms with Crippen LogP contribution in [0.25, 0.3) is 11.4 Å². The van der Waals surface area contributed by atoms with Gasteiger partial charge in [-0.25, -0.2) is 0 Å². The summed E-state index contributed by atoms with van der Waals surface area (Å²) in [6.45, 7) is 1.28. The second kappa shape index (κ2) is 7.59. The van der Waals surface area contributed by atoms with E-state index in [0.29, 0.717) is 24.8 Å². The third kappa shape index (κ3) is 4.01. The molecule has 0 fully saturated rings. The number of halogens is 1. The van der Waals surface area contributed by atoms with Crippen molar-refractivity contribution in [3.05, 3.63) is 64.5 Å². The van der Waals surface area contributed by atoms with E-state index in [4.69, 9.17) is 9.26 Å². The minimum absolute atomic E-state index is 0.565. The maximum absolute atomic E-state index is 5.41. The van der Waals surface area contributed by atoms with Gasteiger partial charge in [-0.2, -0.15) is 4.98 Å². The summed E-state index contributed by atoms with van der Waals surface area (Å²) in [5.41, 5.74) is 2.04. The molecule has 0 saturated heterocycles. The Kier molecular flexibility index (Phi) is 5.27. The lowest BCUT2D eigenvalue weighted by molar-refractivity contribution is 0.257. The molecule has 6 heteroatoms. The van der Waals surface area contributed by atoms with Gasteiger partial charge in [-0.1, -0.05) is 51.4 Å². The van der Waals surface area contributed by atoms with Gasteiger partial charge in [-0.3, -0.25) is 4.90 Å². The van der Waals surface area contributed by atoms with E-state index in [2.05, 4.69) is 37.0 Å². The highest BCUT2D eigenvalue weighted by Crippen LogP contribution is 2.24. The molecular formula is C18H18BrN3O2. The Morgan fingerprint density at radius 3 is 2.67 bits per heavy atom. The fraction of sp³-hybridized carbons (Fsp3) is 0.222. The van der Waals surface area contributed by atoms with Gasteiger partial charge in [0.05, 0.1) is 13.7 Å². The van der Waals surface area contributed by atoms with Crippen LogP contribution in [-0.2, 0) is 13.1 Å². The summed E-state index contributed by atoms with van der Waals surface area (Å²) in [6, 6.07) is 15.8. The van der Waals surface area contributed by atoms with Crippen LogP contribution in [0.5, 0.6) is 5.75 Å². The lowest BCUT2D eigenvalue weighted by atomic mass is 10.2. The second-order valence-electron chi connectivity index (χ2n) is 5.51. The Balaban J connectivity index is 1.69. The molecule has 0 aliphatic heterocycles. The van der Waals surface area contributed by atoms with E-state index in [1.165, 1.54) is 0 Å². The van der Waals surface area contributed by atoms with E-state index >= 15 is 0 Å². The highest BCUT2D eigenvalue weighted by molar-refractivity contribution is 9.10. The Morgan fingerprint density at radius 2 is 1.92 bits per heavy atom. The van der Waals surface area contributed by atoms with Crippen LogP contribution >= 0.6 is 15.9 Å². The minimum Gasteiger partial charge on any atom is -0.496 e. The molecule has 124 valence electrons. The van der Waals surface area contributed by atoms with E-state index in [9.17, 15) is 0 Å². The van der Waals surface area contributed by atoms with Crippen molar-refractivity contribution in [2.75, 3.05) is 14.2 Å². The molecule has 0 aliphatic carbocycles. The highest BCUT2D eigenvalue weighted by atomic mass is 79.9. The number of ether oxygens (including phenoxy) is 1. The third-order valence-corrected chi connectivity index (χ3v) is 4.08. The van der Waals surface area contributed by atoms with Crippen LogP contribution in [0.1, 0.15) is 11.5 Å². The first-order valence-electron chi connectivity index (χ1n) is 7.54. The summed E-state index contributed by atoms with van der Waals surface area (Å²) < 4.78 is 11.8. The molecule has 0 unspecified atom stereocenters.